The van der Waals surface area contributed by atoms with Crippen molar-refractivity contribution >= 4 is 6.03 Å². The summed E-state index contributed by atoms with van der Waals surface area (Å²) in [4.78, 5) is 15.2. The van der Waals surface area contributed by atoms with E-state index in [0.717, 1.165) is 12.2 Å². The minimum atomic E-state index is -0.144. The number of nitrogens with one attached hydrogen (secondary N) is 2. The van der Waals surface area contributed by atoms with Crippen LogP contribution in [0.4, 0.5) is 4.79 Å². The number of rotatable bonds is 4. The van der Waals surface area contributed by atoms with Crippen LogP contribution in [0, 0.1) is 0 Å². The molecular formula is C9H16N4O. The van der Waals surface area contributed by atoms with Crippen LogP contribution in [0.15, 0.2) is 12.4 Å². The molecule has 2 amide bonds. The second kappa shape index (κ2) is 5.26. The number of carbonyl (C=O) groups is 1. The lowest BCUT2D eigenvalue weighted by atomic mass is 10.5. The maximum absolute atomic E-state index is 11.1. The topological polar surface area (TPSA) is 59.0 Å². The Bertz CT molecular complexity index is 295. The summed E-state index contributed by atoms with van der Waals surface area (Å²) in [7, 11) is 1.90. The van der Waals surface area contributed by atoms with E-state index in [-0.39, 0.29) is 6.03 Å². The first-order valence-corrected chi connectivity index (χ1v) is 4.72. The quantitative estimate of drug-likeness (QED) is 0.742. The highest BCUT2D eigenvalue weighted by atomic mass is 16.2. The molecule has 78 valence electrons. The van der Waals surface area contributed by atoms with Crippen molar-refractivity contribution in [3.05, 3.63) is 18.2 Å². The zero-order valence-corrected chi connectivity index (χ0v) is 8.58. The smallest absolute Gasteiger partial charge is 0.315 e. The van der Waals surface area contributed by atoms with Crippen LogP contribution >= 0.6 is 0 Å². The second-order valence-electron chi connectivity index (χ2n) is 3.06. The zero-order chi connectivity index (χ0) is 10.4. The second-order valence-corrected chi connectivity index (χ2v) is 3.06. The van der Waals surface area contributed by atoms with E-state index in [1.807, 2.05) is 24.7 Å². The number of carbonyl (C=O) groups excluding carboxylic acids is 1. The lowest BCUT2D eigenvalue weighted by Gasteiger charge is -2.06. The number of urea groups is 1. The van der Waals surface area contributed by atoms with Gasteiger partial charge in [0.25, 0.3) is 0 Å². The molecule has 5 nitrogen and oxygen atoms in total. The minimum Gasteiger partial charge on any atom is -0.338 e. The highest BCUT2D eigenvalue weighted by molar-refractivity contribution is 5.73. The van der Waals surface area contributed by atoms with Crippen molar-refractivity contribution in [1.29, 1.82) is 0 Å². The van der Waals surface area contributed by atoms with Crippen molar-refractivity contribution in [3.63, 3.8) is 0 Å². The monoisotopic (exact) mass is 196 g/mol. The third kappa shape index (κ3) is 3.08. The van der Waals surface area contributed by atoms with Crippen molar-refractivity contribution in [3.8, 4) is 0 Å². The largest absolute Gasteiger partial charge is 0.338 e. The fraction of sp³-hybridized carbons (Fsp3) is 0.556. The SMILES string of the molecule is CCCNC(=O)NCc1nccn1C. The molecule has 1 aromatic heterocycles. The fourth-order valence-electron chi connectivity index (χ4n) is 1.03. The van der Waals surface area contributed by atoms with Crippen molar-refractivity contribution in [2.45, 2.75) is 19.9 Å². The van der Waals surface area contributed by atoms with Gasteiger partial charge in [-0.05, 0) is 6.42 Å². The summed E-state index contributed by atoms with van der Waals surface area (Å²) in [5.41, 5.74) is 0. The summed E-state index contributed by atoms with van der Waals surface area (Å²) < 4.78 is 1.88. The van der Waals surface area contributed by atoms with Gasteiger partial charge in [0.2, 0.25) is 0 Å². The molecule has 0 fully saturated rings. The van der Waals surface area contributed by atoms with Crippen LogP contribution in [0.5, 0.6) is 0 Å². The van der Waals surface area contributed by atoms with Crippen LogP contribution in [0.25, 0.3) is 0 Å². The van der Waals surface area contributed by atoms with E-state index in [1.54, 1.807) is 6.20 Å². The molecule has 0 radical (unpaired) electrons. The van der Waals surface area contributed by atoms with Crippen LogP contribution in [-0.4, -0.2) is 22.1 Å². The van der Waals surface area contributed by atoms with E-state index in [1.165, 1.54) is 0 Å². The third-order valence-corrected chi connectivity index (χ3v) is 1.86. The maximum atomic E-state index is 11.1. The summed E-state index contributed by atoms with van der Waals surface area (Å²) in [6.45, 7) is 3.17. The van der Waals surface area contributed by atoms with E-state index in [2.05, 4.69) is 15.6 Å². The molecular weight excluding hydrogens is 180 g/mol. The van der Waals surface area contributed by atoms with Crippen LogP contribution in [0.1, 0.15) is 19.2 Å². The molecule has 0 aliphatic heterocycles. The van der Waals surface area contributed by atoms with Crippen molar-refractivity contribution in [2.75, 3.05) is 6.54 Å². The Hall–Kier alpha value is -1.52. The average molecular weight is 196 g/mol. The molecule has 0 bridgehead atoms. The Kier molecular flexibility index (Phi) is 3.97. The van der Waals surface area contributed by atoms with Gasteiger partial charge < -0.3 is 15.2 Å². The predicted octanol–water partition coefficient (Wildman–Crippen LogP) is 0.629. The van der Waals surface area contributed by atoms with Gasteiger partial charge in [0.05, 0.1) is 6.54 Å². The highest BCUT2D eigenvalue weighted by Crippen LogP contribution is 1.92. The minimum absolute atomic E-state index is 0.144. The zero-order valence-electron chi connectivity index (χ0n) is 8.58. The fourth-order valence-corrected chi connectivity index (χ4v) is 1.03. The summed E-state index contributed by atoms with van der Waals surface area (Å²) in [6, 6.07) is -0.144. The number of aromatic nitrogens is 2. The molecule has 0 aromatic carbocycles. The molecule has 14 heavy (non-hydrogen) atoms. The Labute approximate surface area is 83.5 Å². The van der Waals surface area contributed by atoms with Gasteiger partial charge in [-0.25, -0.2) is 9.78 Å². The van der Waals surface area contributed by atoms with E-state index in [4.69, 9.17) is 0 Å². The molecule has 0 saturated heterocycles. The Morgan fingerprint density at radius 1 is 1.57 bits per heavy atom. The van der Waals surface area contributed by atoms with Gasteiger partial charge in [-0.2, -0.15) is 0 Å². The maximum Gasteiger partial charge on any atom is 0.315 e. The average Bonchev–Trinajstić information content (AvgIpc) is 2.58. The summed E-state index contributed by atoms with van der Waals surface area (Å²) >= 11 is 0. The summed E-state index contributed by atoms with van der Waals surface area (Å²) in [6.07, 6.45) is 4.50. The van der Waals surface area contributed by atoms with Gasteiger partial charge in [-0.1, -0.05) is 6.92 Å². The van der Waals surface area contributed by atoms with E-state index < -0.39 is 0 Å². The molecule has 1 aromatic rings. The predicted molar refractivity (Wildman–Crippen MR) is 53.7 cm³/mol. The molecule has 0 spiro atoms. The number of hydrogen-bond acceptors (Lipinski definition) is 2. The summed E-state index contributed by atoms with van der Waals surface area (Å²) in [5, 5.41) is 5.45. The van der Waals surface area contributed by atoms with Gasteiger partial charge in [0, 0.05) is 26.0 Å². The van der Waals surface area contributed by atoms with Gasteiger partial charge >= 0.3 is 6.03 Å². The van der Waals surface area contributed by atoms with Crippen LogP contribution in [0.3, 0.4) is 0 Å². The van der Waals surface area contributed by atoms with Crippen LogP contribution in [0.2, 0.25) is 0 Å². The normalized spacial score (nSPS) is 9.86. The molecule has 1 heterocycles. The number of imidazole rings is 1. The Balaban J connectivity index is 2.27. The number of hydrogen-bond donors (Lipinski definition) is 2. The van der Waals surface area contributed by atoms with Gasteiger partial charge in [0.15, 0.2) is 0 Å². The number of nitrogens with zero attached hydrogens (tertiary/aromatic N) is 2. The molecule has 0 aliphatic carbocycles. The molecule has 5 heteroatoms. The molecule has 1 rings (SSSR count). The molecule has 0 saturated carbocycles. The molecule has 2 N–H and O–H groups in total. The standard InChI is InChI=1S/C9H16N4O/c1-3-4-11-9(14)12-7-8-10-5-6-13(8)2/h5-6H,3-4,7H2,1-2H3,(H2,11,12,14). The number of amides is 2. The van der Waals surface area contributed by atoms with Crippen LogP contribution in [-0.2, 0) is 13.6 Å². The number of aryl methyl sites for hydroxylation is 1. The van der Waals surface area contributed by atoms with Crippen LogP contribution < -0.4 is 10.6 Å². The van der Waals surface area contributed by atoms with E-state index >= 15 is 0 Å². The van der Waals surface area contributed by atoms with E-state index in [0.29, 0.717) is 13.1 Å². The summed E-state index contributed by atoms with van der Waals surface area (Å²) in [5.74, 6) is 0.844. The third-order valence-electron chi connectivity index (χ3n) is 1.86. The lowest BCUT2D eigenvalue weighted by Crippen LogP contribution is -2.35. The first-order chi connectivity index (χ1) is 6.74. The van der Waals surface area contributed by atoms with Crippen molar-refractivity contribution in [1.82, 2.24) is 20.2 Å². The lowest BCUT2D eigenvalue weighted by molar-refractivity contribution is 0.240. The Morgan fingerprint density at radius 3 is 2.93 bits per heavy atom. The van der Waals surface area contributed by atoms with Crippen molar-refractivity contribution in [2.24, 2.45) is 7.05 Å². The molecule has 0 atom stereocenters. The highest BCUT2D eigenvalue weighted by Gasteiger charge is 2.01. The first kappa shape index (κ1) is 10.6. The van der Waals surface area contributed by atoms with Gasteiger partial charge in [-0.3, -0.25) is 0 Å². The van der Waals surface area contributed by atoms with E-state index in [9.17, 15) is 4.79 Å². The van der Waals surface area contributed by atoms with Crippen molar-refractivity contribution < 1.29 is 4.79 Å². The first-order valence-electron chi connectivity index (χ1n) is 4.72. The molecule has 0 unspecified atom stereocenters. The van der Waals surface area contributed by atoms with Gasteiger partial charge in [0.1, 0.15) is 5.82 Å². The Morgan fingerprint density at radius 2 is 2.36 bits per heavy atom. The van der Waals surface area contributed by atoms with Gasteiger partial charge in [-0.15, -0.1) is 0 Å². The molecule has 0 aliphatic rings.